The normalized spacial score (nSPS) is 15.9. The van der Waals surface area contributed by atoms with Gasteiger partial charge in [0.25, 0.3) is 11.8 Å². The Morgan fingerprint density at radius 1 is 1.11 bits per heavy atom. The summed E-state index contributed by atoms with van der Waals surface area (Å²) in [4.78, 5) is 25.9. The zero-order valence-electron chi connectivity index (χ0n) is 16.3. The lowest BCUT2D eigenvalue weighted by molar-refractivity contribution is 0.0679. The molecule has 6 heteroatoms. The van der Waals surface area contributed by atoms with Crippen LogP contribution in [-0.4, -0.2) is 50.1 Å². The second-order valence-corrected chi connectivity index (χ2v) is 6.91. The maximum atomic E-state index is 12.6. The molecule has 148 valence electrons. The molecular formula is C22H26N2O4. The second-order valence-electron chi connectivity index (χ2n) is 6.91. The summed E-state index contributed by atoms with van der Waals surface area (Å²) in [6, 6.07) is 14.4. The predicted octanol–water partition coefficient (Wildman–Crippen LogP) is 2.88. The Morgan fingerprint density at radius 2 is 1.79 bits per heavy atom. The molecule has 2 aromatic carbocycles. The number of ether oxygens (including phenoxy) is 2. The van der Waals surface area contributed by atoms with Gasteiger partial charge in [0.2, 0.25) is 0 Å². The van der Waals surface area contributed by atoms with Crippen molar-refractivity contribution in [1.29, 1.82) is 0 Å². The van der Waals surface area contributed by atoms with E-state index in [1.807, 2.05) is 24.3 Å². The molecule has 1 atom stereocenters. The van der Waals surface area contributed by atoms with E-state index in [9.17, 15) is 9.59 Å². The van der Waals surface area contributed by atoms with Crippen LogP contribution in [0.4, 0.5) is 0 Å². The minimum atomic E-state index is -0.127. The van der Waals surface area contributed by atoms with E-state index in [1.54, 1.807) is 43.3 Å². The molecule has 0 bridgehead atoms. The maximum Gasteiger partial charge on any atom is 0.253 e. The summed E-state index contributed by atoms with van der Waals surface area (Å²) in [6.07, 6.45) is 2.29. The highest BCUT2D eigenvalue weighted by Gasteiger charge is 2.16. The third kappa shape index (κ3) is 5.10. The van der Waals surface area contributed by atoms with Gasteiger partial charge < -0.3 is 19.7 Å². The molecule has 1 heterocycles. The predicted molar refractivity (Wildman–Crippen MR) is 107 cm³/mol. The number of amides is 2. The summed E-state index contributed by atoms with van der Waals surface area (Å²) < 4.78 is 11.3. The van der Waals surface area contributed by atoms with E-state index in [4.69, 9.17) is 9.47 Å². The fourth-order valence-electron chi connectivity index (χ4n) is 3.13. The van der Waals surface area contributed by atoms with Crippen LogP contribution in [0.5, 0.6) is 5.75 Å². The Kier molecular flexibility index (Phi) is 6.66. The van der Waals surface area contributed by atoms with Crippen LogP contribution in [0.1, 0.15) is 39.1 Å². The smallest absolute Gasteiger partial charge is 0.253 e. The molecule has 1 aliphatic heterocycles. The van der Waals surface area contributed by atoms with E-state index >= 15 is 0 Å². The van der Waals surface area contributed by atoms with Gasteiger partial charge in [0.15, 0.2) is 0 Å². The van der Waals surface area contributed by atoms with Gasteiger partial charge in [-0.2, -0.15) is 0 Å². The highest BCUT2D eigenvalue weighted by molar-refractivity contribution is 5.94. The van der Waals surface area contributed by atoms with Crippen molar-refractivity contribution in [3.05, 3.63) is 65.2 Å². The number of benzene rings is 2. The van der Waals surface area contributed by atoms with Crippen LogP contribution in [0.15, 0.2) is 48.5 Å². The molecule has 0 aliphatic carbocycles. The average Bonchev–Trinajstić information content (AvgIpc) is 3.25. The Hall–Kier alpha value is -2.86. The van der Waals surface area contributed by atoms with E-state index < -0.39 is 0 Å². The fourth-order valence-corrected chi connectivity index (χ4v) is 3.13. The van der Waals surface area contributed by atoms with Crippen LogP contribution in [0.2, 0.25) is 0 Å². The molecule has 0 saturated carbocycles. The van der Waals surface area contributed by atoms with Crippen molar-refractivity contribution in [2.75, 3.05) is 27.3 Å². The van der Waals surface area contributed by atoms with Crippen LogP contribution in [0.25, 0.3) is 0 Å². The molecule has 3 rings (SSSR count). The van der Waals surface area contributed by atoms with E-state index in [-0.39, 0.29) is 17.9 Å². The highest BCUT2D eigenvalue weighted by Crippen LogP contribution is 2.18. The highest BCUT2D eigenvalue weighted by atomic mass is 16.5. The average molecular weight is 382 g/mol. The van der Waals surface area contributed by atoms with Gasteiger partial charge in [-0.3, -0.25) is 9.59 Å². The van der Waals surface area contributed by atoms with Gasteiger partial charge in [0, 0.05) is 38.4 Å². The fraction of sp³-hybridized carbons (Fsp3) is 0.364. The minimum Gasteiger partial charge on any atom is -0.491 e. The van der Waals surface area contributed by atoms with Crippen LogP contribution >= 0.6 is 0 Å². The molecule has 1 aliphatic rings. The van der Waals surface area contributed by atoms with Crippen molar-refractivity contribution < 1.29 is 19.1 Å². The lowest BCUT2D eigenvalue weighted by Gasteiger charge is -2.18. The van der Waals surface area contributed by atoms with Crippen molar-refractivity contribution in [2.45, 2.75) is 25.5 Å². The summed E-state index contributed by atoms with van der Waals surface area (Å²) in [6.45, 7) is 1.81. The molecule has 0 aromatic heterocycles. The Balaban J connectivity index is 1.54. The molecule has 0 radical (unpaired) electrons. The third-order valence-corrected chi connectivity index (χ3v) is 4.77. The third-order valence-electron chi connectivity index (χ3n) is 4.77. The van der Waals surface area contributed by atoms with Gasteiger partial charge in [0.1, 0.15) is 12.4 Å². The summed E-state index contributed by atoms with van der Waals surface area (Å²) in [5.74, 6) is 0.540. The minimum absolute atomic E-state index is 0.0685. The van der Waals surface area contributed by atoms with Gasteiger partial charge in [-0.25, -0.2) is 0 Å². The van der Waals surface area contributed by atoms with E-state index in [0.717, 1.165) is 30.8 Å². The Bertz CT molecular complexity index is 796. The van der Waals surface area contributed by atoms with E-state index in [0.29, 0.717) is 24.3 Å². The van der Waals surface area contributed by atoms with E-state index in [1.165, 1.54) is 0 Å². The molecule has 28 heavy (non-hydrogen) atoms. The first-order chi connectivity index (χ1) is 13.6. The zero-order valence-corrected chi connectivity index (χ0v) is 16.3. The molecule has 2 aromatic rings. The van der Waals surface area contributed by atoms with Gasteiger partial charge in [0.05, 0.1) is 6.10 Å². The zero-order chi connectivity index (χ0) is 19.9. The molecule has 1 N–H and O–H groups in total. The topological polar surface area (TPSA) is 67.9 Å². The number of hydrogen-bond donors (Lipinski definition) is 1. The summed E-state index contributed by atoms with van der Waals surface area (Å²) in [5, 5.41) is 2.59. The largest absolute Gasteiger partial charge is 0.491 e. The summed E-state index contributed by atoms with van der Waals surface area (Å²) in [5.41, 5.74) is 2.16. The quantitative estimate of drug-likeness (QED) is 0.800. The van der Waals surface area contributed by atoms with Gasteiger partial charge in [-0.05, 0) is 54.8 Å². The Morgan fingerprint density at radius 3 is 2.39 bits per heavy atom. The maximum absolute atomic E-state index is 12.6. The van der Waals surface area contributed by atoms with E-state index in [2.05, 4.69) is 5.32 Å². The molecular weight excluding hydrogens is 356 g/mol. The number of hydrogen-bond acceptors (Lipinski definition) is 4. The molecule has 6 nitrogen and oxygen atoms in total. The van der Waals surface area contributed by atoms with Crippen molar-refractivity contribution in [1.82, 2.24) is 10.2 Å². The number of rotatable bonds is 7. The lowest BCUT2D eigenvalue weighted by atomic mass is 10.1. The van der Waals surface area contributed by atoms with Crippen molar-refractivity contribution >= 4 is 11.8 Å². The van der Waals surface area contributed by atoms with Crippen LogP contribution in [0, 0.1) is 0 Å². The second kappa shape index (κ2) is 9.37. The number of nitrogens with one attached hydrogen (secondary N) is 1. The first-order valence-electron chi connectivity index (χ1n) is 9.48. The van der Waals surface area contributed by atoms with Gasteiger partial charge >= 0.3 is 0 Å². The lowest BCUT2D eigenvalue weighted by Crippen LogP contribution is -2.26. The number of nitrogens with zero attached hydrogens (tertiary/aromatic N) is 1. The van der Waals surface area contributed by atoms with Crippen molar-refractivity contribution in [3.63, 3.8) is 0 Å². The van der Waals surface area contributed by atoms with Gasteiger partial charge in [-0.15, -0.1) is 0 Å². The molecule has 0 spiro atoms. The standard InChI is InChI=1S/C22H26N2O4/c1-23-21(25)17-7-5-16(6-8-17)14-24(2)22(26)18-9-11-19(12-10-18)28-15-20-4-3-13-27-20/h5-12,20H,3-4,13-15H2,1-2H3,(H,23,25)/t20-/m0/s1. The SMILES string of the molecule is CNC(=O)c1ccc(CN(C)C(=O)c2ccc(OC[C@@H]3CCCO3)cc2)cc1. The van der Waals surface area contributed by atoms with Crippen molar-refractivity contribution in [2.24, 2.45) is 0 Å². The molecule has 0 unspecified atom stereocenters. The monoisotopic (exact) mass is 382 g/mol. The molecule has 1 saturated heterocycles. The van der Waals surface area contributed by atoms with Crippen LogP contribution < -0.4 is 10.1 Å². The Labute approximate surface area is 165 Å². The van der Waals surface area contributed by atoms with Crippen molar-refractivity contribution in [3.8, 4) is 5.75 Å². The summed E-state index contributed by atoms with van der Waals surface area (Å²) >= 11 is 0. The first kappa shape index (κ1) is 19.9. The van der Waals surface area contributed by atoms with Crippen LogP contribution in [-0.2, 0) is 11.3 Å². The molecule has 1 fully saturated rings. The number of carbonyl (C=O) groups is 2. The molecule has 2 amide bonds. The summed E-state index contributed by atoms with van der Waals surface area (Å²) in [7, 11) is 3.36. The van der Waals surface area contributed by atoms with Gasteiger partial charge in [-0.1, -0.05) is 12.1 Å². The van der Waals surface area contributed by atoms with Crippen LogP contribution in [0.3, 0.4) is 0 Å². The first-order valence-corrected chi connectivity index (χ1v) is 9.48. The number of carbonyl (C=O) groups excluding carboxylic acids is 2.